The van der Waals surface area contributed by atoms with Gasteiger partial charge in [-0.3, -0.25) is 10.9 Å². The van der Waals surface area contributed by atoms with Crippen molar-refractivity contribution in [2.75, 3.05) is 6.54 Å². The third kappa shape index (κ3) is 2.55. The van der Waals surface area contributed by atoms with Crippen LogP contribution in [0.4, 0.5) is 4.39 Å². The molecular weight excluding hydrogens is 231 g/mol. The molecule has 0 radical (unpaired) electrons. The number of hydrogen-bond donors (Lipinski definition) is 2. The van der Waals surface area contributed by atoms with Crippen LogP contribution in [0.2, 0.25) is 0 Å². The Morgan fingerprint density at radius 3 is 2.89 bits per heavy atom. The first-order valence-electron chi connectivity index (χ1n) is 6.61. The Balaban J connectivity index is 1.54. The van der Waals surface area contributed by atoms with Gasteiger partial charge in [0.15, 0.2) is 0 Å². The van der Waals surface area contributed by atoms with Crippen LogP contribution >= 0.6 is 0 Å². The highest BCUT2D eigenvalue weighted by atomic mass is 19.1. The molecule has 1 saturated carbocycles. The second-order valence-electron chi connectivity index (χ2n) is 5.20. The fourth-order valence-electron chi connectivity index (χ4n) is 2.90. The molecule has 1 heterocycles. The van der Waals surface area contributed by atoms with E-state index in [4.69, 9.17) is 4.74 Å². The minimum atomic E-state index is -0.757. The Morgan fingerprint density at radius 1 is 1.22 bits per heavy atom. The smallest absolute Gasteiger partial charge is 0.108 e. The van der Waals surface area contributed by atoms with Crippen molar-refractivity contribution in [2.24, 2.45) is 5.92 Å². The summed E-state index contributed by atoms with van der Waals surface area (Å²) in [5, 5.41) is 0. The first-order chi connectivity index (χ1) is 8.83. The summed E-state index contributed by atoms with van der Waals surface area (Å²) in [6.07, 6.45) is 0.684. The SMILES string of the molecule is FC1CC(OCc2ccccc2)CC2NNCC12. The molecular formula is C14H19FN2O. The van der Waals surface area contributed by atoms with E-state index in [1.165, 1.54) is 0 Å². The van der Waals surface area contributed by atoms with Crippen LogP contribution in [0.1, 0.15) is 18.4 Å². The molecule has 0 spiro atoms. The molecule has 1 aromatic carbocycles. The molecule has 1 aliphatic carbocycles. The maximum absolute atomic E-state index is 14.0. The van der Waals surface area contributed by atoms with Crippen molar-refractivity contribution in [3.63, 3.8) is 0 Å². The van der Waals surface area contributed by atoms with E-state index in [0.717, 1.165) is 18.5 Å². The van der Waals surface area contributed by atoms with Gasteiger partial charge in [0.2, 0.25) is 0 Å². The predicted molar refractivity (Wildman–Crippen MR) is 67.6 cm³/mol. The molecule has 1 aliphatic heterocycles. The number of halogens is 1. The van der Waals surface area contributed by atoms with Crippen LogP contribution in [0.3, 0.4) is 0 Å². The van der Waals surface area contributed by atoms with Crippen LogP contribution in [0.5, 0.6) is 0 Å². The highest BCUT2D eigenvalue weighted by molar-refractivity contribution is 5.13. The van der Waals surface area contributed by atoms with E-state index in [9.17, 15) is 4.39 Å². The monoisotopic (exact) mass is 250 g/mol. The zero-order valence-corrected chi connectivity index (χ0v) is 10.3. The van der Waals surface area contributed by atoms with Gasteiger partial charge in [0.25, 0.3) is 0 Å². The lowest BCUT2D eigenvalue weighted by molar-refractivity contribution is -0.0247. The zero-order chi connectivity index (χ0) is 12.4. The third-order valence-electron chi connectivity index (χ3n) is 3.94. The van der Waals surface area contributed by atoms with Crippen LogP contribution in [-0.4, -0.2) is 24.9 Å². The average molecular weight is 250 g/mol. The highest BCUT2D eigenvalue weighted by Gasteiger charge is 2.41. The zero-order valence-electron chi connectivity index (χ0n) is 10.3. The summed E-state index contributed by atoms with van der Waals surface area (Å²) in [5.74, 6) is 0.113. The molecule has 98 valence electrons. The van der Waals surface area contributed by atoms with E-state index in [1.54, 1.807) is 0 Å². The van der Waals surface area contributed by atoms with Crippen molar-refractivity contribution >= 4 is 0 Å². The topological polar surface area (TPSA) is 33.3 Å². The molecule has 4 unspecified atom stereocenters. The summed E-state index contributed by atoms with van der Waals surface area (Å²) in [4.78, 5) is 0. The maximum Gasteiger partial charge on any atom is 0.108 e. The molecule has 0 aromatic heterocycles. The molecule has 4 heteroatoms. The summed E-state index contributed by atoms with van der Waals surface area (Å²) in [6, 6.07) is 10.3. The number of alkyl halides is 1. The lowest BCUT2D eigenvalue weighted by Gasteiger charge is -2.33. The lowest BCUT2D eigenvalue weighted by atomic mass is 9.83. The molecule has 2 N–H and O–H groups in total. The van der Waals surface area contributed by atoms with Gasteiger partial charge in [-0.15, -0.1) is 0 Å². The molecule has 3 nitrogen and oxygen atoms in total. The Bertz CT molecular complexity index is 387. The fourth-order valence-corrected chi connectivity index (χ4v) is 2.90. The number of hydrogen-bond acceptors (Lipinski definition) is 3. The molecule has 4 atom stereocenters. The highest BCUT2D eigenvalue weighted by Crippen LogP contribution is 2.31. The maximum atomic E-state index is 14.0. The van der Waals surface area contributed by atoms with Crippen molar-refractivity contribution < 1.29 is 9.13 Å². The van der Waals surface area contributed by atoms with E-state index in [1.807, 2.05) is 30.3 Å². The largest absolute Gasteiger partial charge is 0.373 e. The van der Waals surface area contributed by atoms with Gasteiger partial charge < -0.3 is 4.74 Å². The van der Waals surface area contributed by atoms with E-state index in [0.29, 0.717) is 13.0 Å². The number of ether oxygens (including phenoxy) is 1. The second kappa shape index (κ2) is 5.34. The normalized spacial score (nSPS) is 35.4. The molecule has 0 amide bonds. The summed E-state index contributed by atoms with van der Waals surface area (Å²) in [6.45, 7) is 1.31. The molecule has 0 bridgehead atoms. The van der Waals surface area contributed by atoms with Crippen molar-refractivity contribution in [3.05, 3.63) is 35.9 Å². The summed E-state index contributed by atoms with van der Waals surface area (Å²) in [7, 11) is 0. The molecule has 3 rings (SSSR count). The van der Waals surface area contributed by atoms with Gasteiger partial charge in [-0.25, -0.2) is 4.39 Å². The summed E-state index contributed by atoms with van der Waals surface area (Å²) in [5.41, 5.74) is 7.34. The Hall–Kier alpha value is -0.970. The first-order valence-corrected chi connectivity index (χ1v) is 6.61. The fraction of sp³-hybridized carbons (Fsp3) is 0.571. The Morgan fingerprint density at radius 2 is 2.06 bits per heavy atom. The Kier molecular flexibility index (Phi) is 3.59. The number of benzene rings is 1. The third-order valence-corrected chi connectivity index (χ3v) is 3.94. The van der Waals surface area contributed by atoms with Gasteiger partial charge in [-0.2, -0.15) is 0 Å². The summed E-state index contributed by atoms with van der Waals surface area (Å²) < 4.78 is 19.8. The van der Waals surface area contributed by atoms with Gasteiger partial charge in [0, 0.05) is 24.9 Å². The lowest BCUT2D eigenvalue weighted by Crippen LogP contribution is -2.43. The number of rotatable bonds is 3. The van der Waals surface area contributed by atoms with Crippen LogP contribution in [-0.2, 0) is 11.3 Å². The molecule has 2 fully saturated rings. The second-order valence-corrected chi connectivity index (χ2v) is 5.20. The van der Waals surface area contributed by atoms with Crippen LogP contribution < -0.4 is 10.9 Å². The number of nitrogens with one attached hydrogen (secondary N) is 2. The van der Waals surface area contributed by atoms with Gasteiger partial charge in [0.05, 0.1) is 12.7 Å². The minimum absolute atomic E-state index is 0.0221. The van der Waals surface area contributed by atoms with Gasteiger partial charge >= 0.3 is 0 Å². The molecule has 1 saturated heterocycles. The number of hydrazine groups is 1. The molecule has 18 heavy (non-hydrogen) atoms. The predicted octanol–water partition coefficient (Wildman–Crippen LogP) is 1.80. The van der Waals surface area contributed by atoms with Gasteiger partial charge in [-0.05, 0) is 12.0 Å². The summed E-state index contributed by atoms with van der Waals surface area (Å²) >= 11 is 0. The van der Waals surface area contributed by atoms with E-state index in [-0.39, 0.29) is 18.1 Å². The average Bonchev–Trinajstić information content (AvgIpc) is 2.86. The van der Waals surface area contributed by atoms with E-state index < -0.39 is 6.17 Å². The van der Waals surface area contributed by atoms with Crippen molar-refractivity contribution in [3.8, 4) is 0 Å². The minimum Gasteiger partial charge on any atom is -0.373 e. The van der Waals surface area contributed by atoms with Crippen molar-refractivity contribution in [1.82, 2.24) is 10.9 Å². The quantitative estimate of drug-likeness (QED) is 0.858. The van der Waals surface area contributed by atoms with Gasteiger partial charge in [-0.1, -0.05) is 30.3 Å². The standard InChI is InChI=1S/C14H19FN2O/c15-13-6-11(7-14-12(13)8-16-17-14)18-9-10-4-2-1-3-5-10/h1-5,11-14,16-17H,6-9H2. The first kappa shape index (κ1) is 12.1. The van der Waals surface area contributed by atoms with Crippen LogP contribution in [0.25, 0.3) is 0 Å². The van der Waals surface area contributed by atoms with Crippen LogP contribution in [0.15, 0.2) is 30.3 Å². The Labute approximate surface area is 107 Å². The molecule has 1 aromatic rings. The van der Waals surface area contributed by atoms with E-state index in [2.05, 4.69) is 10.9 Å². The van der Waals surface area contributed by atoms with Crippen molar-refractivity contribution in [2.45, 2.75) is 37.8 Å². The van der Waals surface area contributed by atoms with Gasteiger partial charge in [0.1, 0.15) is 6.17 Å². The number of fused-ring (bicyclic) bond motifs is 1. The van der Waals surface area contributed by atoms with Crippen LogP contribution in [0, 0.1) is 5.92 Å². The van der Waals surface area contributed by atoms with Crippen molar-refractivity contribution in [1.29, 1.82) is 0 Å². The molecule has 2 aliphatic rings. The van der Waals surface area contributed by atoms with E-state index >= 15 is 0 Å².